The topological polar surface area (TPSA) is 49.4 Å². The summed E-state index contributed by atoms with van der Waals surface area (Å²) >= 11 is 3.31. The van der Waals surface area contributed by atoms with Crippen molar-refractivity contribution in [3.05, 3.63) is 64.1 Å². The summed E-state index contributed by atoms with van der Waals surface area (Å²) in [5.41, 5.74) is 0.246. The molecule has 1 atom stereocenters. The van der Waals surface area contributed by atoms with E-state index in [-0.39, 0.29) is 31.3 Å². The smallest absolute Gasteiger partial charge is 0.338 e. The number of likely N-dealkylation sites (tertiary alicyclic amines) is 1. The standard InChI is InChI=1S/C19H16BrF3N2O2/c20-15-4-6-16(7-5-15)24-18(27)13-9-17(26)25(11-13)10-12-2-1-3-14(8-12)19(21,22)23/h1-8,13H,9-11H2,(H,24,27). The lowest BCUT2D eigenvalue weighted by molar-refractivity contribution is -0.137. The third-order valence-corrected chi connectivity index (χ3v) is 4.85. The van der Waals surface area contributed by atoms with Gasteiger partial charge >= 0.3 is 6.18 Å². The maximum atomic E-state index is 12.8. The number of hydrogen-bond acceptors (Lipinski definition) is 2. The number of halogens is 4. The molecule has 8 heteroatoms. The second kappa shape index (κ2) is 7.72. The van der Waals surface area contributed by atoms with E-state index < -0.39 is 17.7 Å². The van der Waals surface area contributed by atoms with E-state index in [4.69, 9.17) is 0 Å². The predicted octanol–water partition coefficient (Wildman–Crippen LogP) is 4.46. The van der Waals surface area contributed by atoms with Crippen LogP contribution in [-0.4, -0.2) is 23.3 Å². The van der Waals surface area contributed by atoms with Gasteiger partial charge in [0.15, 0.2) is 0 Å². The van der Waals surface area contributed by atoms with Crippen LogP contribution in [0, 0.1) is 5.92 Å². The molecular formula is C19H16BrF3N2O2. The van der Waals surface area contributed by atoms with E-state index in [1.54, 1.807) is 24.3 Å². The molecule has 4 nitrogen and oxygen atoms in total. The molecule has 1 aliphatic rings. The largest absolute Gasteiger partial charge is 0.416 e. The molecule has 3 rings (SSSR count). The fourth-order valence-electron chi connectivity index (χ4n) is 2.94. The summed E-state index contributed by atoms with van der Waals surface area (Å²) in [6.45, 7) is 0.224. The van der Waals surface area contributed by atoms with Gasteiger partial charge in [0, 0.05) is 29.7 Å². The van der Waals surface area contributed by atoms with Crippen molar-refractivity contribution in [3.63, 3.8) is 0 Å². The van der Waals surface area contributed by atoms with Crippen molar-refractivity contribution in [1.82, 2.24) is 4.90 Å². The van der Waals surface area contributed by atoms with E-state index in [1.807, 2.05) is 0 Å². The molecule has 1 saturated heterocycles. The van der Waals surface area contributed by atoms with Gasteiger partial charge in [-0.1, -0.05) is 28.1 Å². The van der Waals surface area contributed by atoms with Gasteiger partial charge in [-0.3, -0.25) is 9.59 Å². The fourth-order valence-corrected chi connectivity index (χ4v) is 3.21. The summed E-state index contributed by atoms with van der Waals surface area (Å²) < 4.78 is 39.3. The highest BCUT2D eigenvalue weighted by molar-refractivity contribution is 9.10. The van der Waals surface area contributed by atoms with Gasteiger partial charge in [-0.25, -0.2) is 0 Å². The summed E-state index contributed by atoms with van der Waals surface area (Å²) in [6, 6.07) is 11.9. The third-order valence-electron chi connectivity index (χ3n) is 4.32. The molecule has 0 saturated carbocycles. The summed E-state index contributed by atoms with van der Waals surface area (Å²) in [6.07, 6.45) is -4.39. The Morgan fingerprint density at radius 1 is 1.19 bits per heavy atom. The first-order valence-electron chi connectivity index (χ1n) is 8.23. The first-order chi connectivity index (χ1) is 12.7. The molecule has 0 bridgehead atoms. The molecule has 1 aliphatic heterocycles. The van der Waals surface area contributed by atoms with Gasteiger partial charge in [0.05, 0.1) is 11.5 Å². The van der Waals surface area contributed by atoms with Gasteiger partial charge in [0.25, 0.3) is 0 Å². The maximum Gasteiger partial charge on any atom is 0.416 e. The predicted molar refractivity (Wildman–Crippen MR) is 97.7 cm³/mol. The summed E-state index contributed by atoms with van der Waals surface area (Å²) in [7, 11) is 0. The Morgan fingerprint density at radius 3 is 2.56 bits per heavy atom. The van der Waals surface area contributed by atoms with Crippen LogP contribution in [0.3, 0.4) is 0 Å². The van der Waals surface area contributed by atoms with Gasteiger partial charge in [-0.05, 0) is 42.0 Å². The molecule has 0 aliphatic carbocycles. The highest BCUT2D eigenvalue weighted by Crippen LogP contribution is 2.30. The normalized spacial score (nSPS) is 17.3. The van der Waals surface area contributed by atoms with Crippen LogP contribution in [0.1, 0.15) is 17.5 Å². The van der Waals surface area contributed by atoms with E-state index in [9.17, 15) is 22.8 Å². The average molecular weight is 441 g/mol. The van der Waals surface area contributed by atoms with Crippen molar-refractivity contribution in [1.29, 1.82) is 0 Å². The van der Waals surface area contributed by atoms with Crippen molar-refractivity contribution in [2.45, 2.75) is 19.1 Å². The van der Waals surface area contributed by atoms with Gasteiger partial charge in [-0.15, -0.1) is 0 Å². The number of carbonyl (C=O) groups excluding carboxylic acids is 2. The number of anilines is 1. The molecule has 2 aromatic rings. The Morgan fingerprint density at radius 2 is 1.89 bits per heavy atom. The number of hydrogen-bond donors (Lipinski definition) is 1. The monoisotopic (exact) mass is 440 g/mol. The highest BCUT2D eigenvalue weighted by Gasteiger charge is 2.35. The van der Waals surface area contributed by atoms with E-state index in [0.29, 0.717) is 11.3 Å². The molecule has 1 unspecified atom stereocenters. The van der Waals surface area contributed by atoms with Crippen LogP contribution in [0.25, 0.3) is 0 Å². The van der Waals surface area contributed by atoms with Crippen molar-refractivity contribution >= 4 is 33.4 Å². The Labute approximate surface area is 162 Å². The Hall–Kier alpha value is -2.35. The lowest BCUT2D eigenvalue weighted by Gasteiger charge is -2.17. The number of carbonyl (C=O) groups is 2. The third kappa shape index (κ3) is 4.88. The van der Waals surface area contributed by atoms with Crippen LogP contribution in [0.2, 0.25) is 0 Å². The first-order valence-corrected chi connectivity index (χ1v) is 9.02. The van der Waals surface area contributed by atoms with Crippen LogP contribution < -0.4 is 5.32 Å². The average Bonchev–Trinajstić information content (AvgIpc) is 2.97. The Kier molecular flexibility index (Phi) is 5.55. The minimum absolute atomic E-state index is 0.0430. The minimum Gasteiger partial charge on any atom is -0.338 e. The number of benzene rings is 2. The van der Waals surface area contributed by atoms with Crippen molar-refractivity contribution in [2.75, 3.05) is 11.9 Å². The SMILES string of the molecule is O=C(Nc1ccc(Br)cc1)C1CC(=O)N(Cc2cccc(C(F)(F)F)c2)C1. The van der Waals surface area contributed by atoms with Crippen LogP contribution in [-0.2, 0) is 22.3 Å². The molecule has 2 aromatic carbocycles. The zero-order valence-corrected chi connectivity index (χ0v) is 15.7. The molecular weight excluding hydrogens is 425 g/mol. The summed E-state index contributed by atoms with van der Waals surface area (Å²) in [5, 5.41) is 2.76. The Bertz CT molecular complexity index is 853. The molecule has 1 N–H and O–H groups in total. The van der Waals surface area contributed by atoms with E-state index in [0.717, 1.165) is 16.6 Å². The van der Waals surface area contributed by atoms with Crippen LogP contribution in [0.5, 0.6) is 0 Å². The van der Waals surface area contributed by atoms with Crippen molar-refractivity contribution in [3.8, 4) is 0 Å². The minimum atomic E-state index is -4.43. The molecule has 2 amide bonds. The first kappa shape index (κ1) is 19.4. The number of nitrogens with zero attached hydrogens (tertiary/aromatic N) is 1. The van der Waals surface area contributed by atoms with Gasteiger partial charge in [0.2, 0.25) is 11.8 Å². The van der Waals surface area contributed by atoms with Gasteiger partial charge in [0.1, 0.15) is 0 Å². The molecule has 1 heterocycles. The highest BCUT2D eigenvalue weighted by atomic mass is 79.9. The second-order valence-electron chi connectivity index (χ2n) is 6.37. The van der Waals surface area contributed by atoms with Crippen LogP contribution >= 0.6 is 15.9 Å². The Balaban J connectivity index is 1.63. The second-order valence-corrected chi connectivity index (χ2v) is 7.29. The molecule has 0 aromatic heterocycles. The molecule has 142 valence electrons. The van der Waals surface area contributed by atoms with Gasteiger partial charge < -0.3 is 10.2 Å². The fraction of sp³-hybridized carbons (Fsp3) is 0.263. The summed E-state index contributed by atoms with van der Waals surface area (Å²) in [4.78, 5) is 26.0. The molecule has 0 radical (unpaired) electrons. The van der Waals surface area contributed by atoms with Crippen LogP contribution in [0.4, 0.5) is 18.9 Å². The number of alkyl halides is 3. The number of rotatable bonds is 4. The van der Waals surface area contributed by atoms with Crippen molar-refractivity contribution in [2.24, 2.45) is 5.92 Å². The lowest BCUT2D eigenvalue weighted by atomic mass is 10.1. The van der Waals surface area contributed by atoms with Crippen molar-refractivity contribution < 1.29 is 22.8 Å². The molecule has 0 spiro atoms. The quantitative estimate of drug-likeness (QED) is 0.762. The van der Waals surface area contributed by atoms with E-state index in [2.05, 4.69) is 21.2 Å². The maximum absolute atomic E-state index is 12.8. The van der Waals surface area contributed by atoms with E-state index >= 15 is 0 Å². The van der Waals surface area contributed by atoms with E-state index in [1.165, 1.54) is 17.0 Å². The summed E-state index contributed by atoms with van der Waals surface area (Å²) in [5.74, 6) is -1.06. The lowest BCUT2D eigenvalue weighted by Crippen LogP contribution is -2.28. The zero-order chi connectivity index (χ0) is 19.6. The number of nitrogens with one attached hydrogen (secondary N) is 1. The zero-order valence-electron chi connectivity index (χ0n) is 14.1. The van der Waals surface area contributed by atoms with Crippen LogP contribution in [0.15, 0.2) is 53.0 Å². The molecule has 27 heavy (non-hydrogen) atoms. The number of amides is 2. The van der Waals surface area contributed by atoms with Gasteiger partial charge in [-0.2, -0.15) is 13.2 Å². The molecule has 1 fully saturated rings.